The predicted molar refractivity (Wildman–Crippen MR) is 81.2 cm³/mol. The van der Waals surface area contributed by atoms with Crippen molar-refractivity contribution in [2.24, 2.45) is 0 Å². The average Bonchev–Trinajstić information content (AvgIpc) is 2.84. The van der Waals surface area contributed by atoms with Gasteiger partial charge in [0.25, 0.3) is 0 Å². The van der Waals surface area contributed by atoms with E-state index in [-0.39, 0.29) is 12.1 Å². The van der Waals surface area contributed by atoms with Gasteiger partial charge in [0.05, 0.1) is 6.10 Å². The third-order valence-electron chi connectivity index (χ3n) is 4.13. The smallest absolute Gasteiger partial charge is 0.323 e. The minimum Gasteiger partial charge on any atom is -0.461 e. The summed E-state index contributed by atoms with van der Waals surface area (Å²) >= 11 is 0. The van der Waals surface area contributed by atoms with Crippen LogP contribution < -0.4 is 15.8 Å². The van der Waals surface area contributed by atoms with Crippen LogP contribution in [0.25, 0.3) is 0 Å². The van der Waals surface area contributed by atoms with E-state index in [0.717, 1.165) is 19.4 Å². The molecule has 0 spiro atoms. The molecule has 2 saturated heterocycles. The highest BCUT2D eigenvalue weighted by molar-refractivity contribution is 5.33. The molecule has 0 aliphatic carbocycles. The summed E-state index contributed by atoms with van der Waals surface area (Å²) in [5.41, 5.74) is 5.74. The van der Waals surface area contributed by atoms with Crippen LogP contribution in [0.1, 0.15) is 39.5 Å². The zero-order valence-electron chi connectivity index (χ0n) is 12.7. The number of hydrogen-bond donors (Lipinski definition) is 2. The molecule has 3 rings (SSSR count). The molecular formula is C14H24N6O. The maximum atomic E-state index is 5.74. The fraction of sp³-hybridized carbons (Fsp3) is 0.786. The van der Waals surface area contributed by atoms with Gasteiger partial charge in [0.2, 0.25) is 11.9 Å². The van der Waals surface area contributed by atoms with Gasteiger partial charge in [0, 0.05) is 18.6 Å². The first kappa shape index (κ1) is 14.3. The Morgan fingerprint density at radius 1 is 1.24 bits per heavy atom. The van der Waals surface area contributed by atoms with Crippen molar-refractivity contribution in [1.82, 2.24) is 19.9 Å². The van der Waals surface area contributed by atoms with Crippen LogP contribution in [0.15, 0.2) is 0 Å². The van der Waals surface area contributed by atoms with Crippen molar-refractivity contribution in [1.29, 1.82) is 0 Å². The van der Waals surface area contributed by atoms with E-state index in [4.69, 9.17) is 10.5 Å². The Kier molecular flexibility index (Phi) is 4.10. The monoisotopic (exact) mass is 292 g/mol. The Labute approximate surface area is 125 Å². The van der Waals surface area contributed by atoms with Gasteiger partial charge in [-0.25, -0.2) is 0 Å². The van der Waals surface area contributed by atoms with E-state index in [1.54, 1.807) is 0 Å². The van der Waals surface area contributed by atoms with E-state index >= 15 is 0 Å². The summed E-state index contributed by atoms with van der Waals surface area (Å²) in [5.74, 6) is 0.719. The number of anilines is 2. The van der Waals surface area contributed by atoms with Crippen molar-refractivity contribution < 1.29 is 4.74 Å². The Morgan fingerprint density at radius 2 is 2.10 bits per heavy atom. The third-order valence-corrected chi connectivity index (χ3v) is 4.13. The lowest BCUT2D eigenvalue weighted by atomic mass is 9.98. The molecule has 21 heavy (non-hydrogen) atoms. The van der Waals surface area contributed by atoms with Gasteiger partial charge in [-0.3, -0.25) is 0 Å². The Bertz CT molecular complexity index is 494. The van der Waals surface area contributed by atoms with Gasteiger partial charge < -0.3 is 20.7 Å². The number of nitrogen functional groups attached to an aromatic ring is 1. The highest BCUT2D eigenvalue weighted by Gasteiger charge is 2.31. The first-order chi connectivity index (χ1) is 10.1. The van der Waals surface area contributed by atoms with Crippen LogP contribution >= 0.6 is 0 Å². The molecule has 0 amide bonds. The number of hydrogen-bond acceptors (Lipinski definition) is 7. The highest BCUT2D eigenvalue weighted by atomic mass is 16.5. The predicted octanol–water partition coefficient (Wildman–Crippen LogP) is 1.28. The number of aromatic nitrogens is 3. The molecule has 2 unspecified atom stereocenters. The zero-order valence-corrected chi connectivity index (χ0v) is 12.7. The summed E-state index contributed by atoms with van der Waals surface area (Å²) in [6.45, 7) is 6.27. The lowest BCUT2D eigenvalue weighted by Gasteiger charge is -2.35. The van der Waals surface area contributed by atoms with E-state index in [2.05, 4.69) is 25.2 Å². The quantitative estimate of drug-likeness (QED) is 0.864. The lowest BCUT2D eigenvalue weighted by Crippen LogP contribution is -2.43. The van der Waals surface area contributed by atoms with Gasteiger partial charge in [-0.2, -0.15) is 15.0 Å². The van der Waals surface area contributed by atoms with Gasteiger partial charge in [-0.1, -0.05) is 0 Å². The van der Waals surface area contributed by atoms with Gasteiger partial charge in [0.15, 0.2) is 0 Å². The van der Waals surface area contributed by atoms with Crippen LogP contribution in [0, 0.1) is 0 Å². The van der Waals surface area contributed by atoms with Crippen molar-refractivity contribution in [2.75, 3.05) is 24.1 Å². The van der Waals surface area contributed by atoms with E-state index in [1.165, 1.54) is 19.4 Å². The Morgan fingerprint density at radius 3 is 2.90 bits per heavy atom. The number of nitrogens with one attached hydrogen (secondary N) is 1. The van der Waals surface area contributed by atoms with Gasteiger partial charge in [-0.15, -0.1) is 0 Å². The summed E-state index contributed by atoms with van der Waals surface area (Å²) in [5, 5.41) is 3.40. The second-order valence-electron chi connectivity index (χ2n) is 6.16. The molecule has 0 radical (unpaired) electrons. The number of fused-ring (bicyclic) bond motifs is 1. The zero-order chi connectivity index (χ0) is 14.8. The second kappa shape index (κ2) is 6.01. The largest absolute Gasteiger partial charge is 0.461 e. The molecule has 1 aromatic heterocycles. The van der Waals surface area contributed by atoms with Gasteiger partial charge in [0.1, 0.15) is 0 Å². The molecule has 2 aliphatic rings. The number of ether oxygens (including phenoxy) is 1. The van der Waals surface area contributed by atoms with Crippen LogP contribution in [-0.4, -0.2) is 51.1 Å². The molecule has 2 atom stereocenters. The van der Waals surface area contributed by atoms with Crippen LogP contribution in [-0.2, 0) is 0 Å². The number of nitrogens with two attached hydrogens (primary N) is 1. The second-order valence-corrected chi connectivity index (χ2v) is 6.16. The number of nitrogens with zero attached hydrogens (tertiary/aromatic N) is 4. The van der Waals surface area contributed by atoms with Crippen molar-refractivity contribution >= 4 is 11.9 Å². The van der Waals surface area contributed by atoms with Crippen LogP contribution in [0.4, 0.5) is 11.9 Å². The molecule has 0 saturated carbocycles. The van der Waals surface area contributed by atoms with Crippen LogP contribution in [0.5, 0.6) is 6.01 Å². The molecule has 116 valence electrons. The summed E-state index contributed by atoms with van der Waals surface area (Å²) in [7, 11) is 0. The van der Waals surface area contributed by atoms with Crippen molar-refractivity contribution in [2.45, 2.75) is 57.7 Å². The normalized spacial score (nSPS) is 25.9. The summed E-state index contributed by atoms with van der Waals surface area (Å²) in [4.78, 5) is 15.1. The lowest BCUT2D eigenvalue weighted by molar-refractivity contribution is 0.187. The summed E-state index contributed by atoms with van der Waals surface area (Å²) in [6.07, 6.45) is 4.90. The molecule has 3 N–H and O–H groups in total. The number of rotatable bonds is 4. The molecular weight excluding hydrogens is 268 g/mol. The minimum absolute atomic E-state index is 0.0152. The maximum absolute atomic E-state index is 5.74. The first-order valence-electron chi connectivity index (χ1n) is 7.79. The topological polar surface area (TPSA) is 89.2 Å². The highest BCUT2D eigenvalue weighted by Crippen LogP contribution is 2.28. The molecule has 7 nitrogen and oxygen atoms in total. The molecule has 7 heteroatoms. The Hall–Kier alpha value is -1.63. The average molecular weight is 292 g/mol. The van der Waals surface area contributed by atoms with Crippen LogP contribution in [0.3, 0.4) is 0 Å². The number of piperidine rings is 1. The fourth-order valence-electron chi connectivity index (χ4n) is 3.24. The van der Waals surface area contributed by atoms with E-state index in [0.29, 0.717) is 24.0 Å². The fourth-order valence-corrected chi connectivity index (χ4v) is 3.24. The first-order valence-corrected chi connectivity index (χ1v) is 7.79. The molecule has 0 aromatic carbocycles. The Balaban J connectivity index is 1.65. The standard InChI is InChI=1S/C14H24N6O/c1-9(2)21-14-18-12(15)17-13(19-14)16-10-5-7-20-6-3-4-11(20)8-10/h9-11H,3-8H2,1-2H3,(H3,15,16,17,18,19). The summed E-state index contributed by atoms with van der Waals surface area (Å²) < 4.78 is 5.50. The molecule has 0 bridgehead atoms. The van der Waals surface area contributed by atoms with Crippen molar-refractivity contribution in [3.05, 3.63) is 0 Å². The summed E-state index contributed by atoms with van der Waals surface area (Å²) in [6, 6.07) is 1.40. The van der Waals surface area contributed by atoms with E-state index < -0.39 is 0 Å². The van der Waals surface area contributed by atoms with E-state index in [9.17, 15) is 0 Å². The van der Waals surface area contributed by atoms with Crippen LogP contribution in [0.2, 0.25) is 0 Å². The van der Waals surface area contributed by atoms with E-state index in [1.807, 2.05) is 13.8 Å². The minimum atomic E-state index is 0.0152. The van der Waals surface area contributed by atoms with Gasteiger partial charge >= 0.3 is 6.01 Å². The molecule has 3 heterocycles. The van der Waals surface area contributed by atoms with Crippen molar-refractivity contribution in [3.8, 4) is 6.01 Å². The molecule has 1 aromatic rings. The molecule has 2 aliphatic heterocycles. The molecule has 2 fully saturated rings. The SMILES string of the molecule is CC(C)Oc1nc(N)nc(NC2CCN3CCCC3C2)n1. The van der Waals surface area contributed by atoms with Crippen molar-refractivity contribution in [3.63, 3.8) is 0 Å². The third kappa shape index (κ3) is 3.53. The van der Waals surface area contributed by atoms with Gasteiger partial charge in [-0.05, 0) is 46.1 Å². The maximum Gasteiger partial charge on any atom is 0.323 e.